The minimum atomic E-state index is -4.17. The van der Waals surface area contributed by atoms with Crippen LogP contribution >= 0.6 is 0 Å². The number of sulfonamides is 1. The van der Waals surface area contributed by atoms with Crippen LogP contribution in [0.4, 0.5) is 5.69 Å². The smallest absolute Gasteiger partial charge is 0.330 e. The minimum absolute atomic E-state index is 0.201. The molecular formula is C23H29N3O7S. The van der Waals surface area contributed by atoms with Crippen LogP contribution in [0.15, 0.2) is 53.4 Å². The van der Waals surface area contributed by atoms with Crippen LogP contribution in [0.1, 0.15) is 31.7 Å². The average Bonchev–Trinajstić information content (AvgIpc) is 2.80. The van der Waals surface area contributed by atoms with Crippen LogP contribution in [0, 0.1) is 0 Å². The number of rotatable bonds is 12. The maximum atomic E-state index is 12.9. The van der Waals surface area contributed by atoms with E-state index in [1.165, 1.54) is 6.08 Å². The maximum absolute atomic E-state index is 12.9. The van der Waals surface area contributed by atoms with Crippen LogP contribution in [0.25, 0.3) is 6.08 Å². The molecule has 6 N–H and O–H groups in total. The Morgan fingerprint density at radius 3 is 2.41 bits per heavy atom. The fourth-order valence-corrected chi connectivity index (χ4v) is 4.17. The normalized spacial score (nSPS) is 12.4. The molecule has 1 amide bonds. The van der Waals surface area contributed by atoms with Crippen molar-refractivity contribution in [2.45, 2.75) is 37.1 Å². The third kappa shape index (κ3) is 8.18. The number of unbranched alkanes of at least 4 members (excludes halogenated alkanes) is 1. The van der Waals surface area contributed by atoms with Gasteiger partial charge in [-0.25, -0.2) is 13.2 Å². The first-order chi connectivity index (χ1) is 16.2. The summed E-state index contributed by atoms with van der Waals surface area (Å²) in [6.07, 6.45) is 4.18. The zero-order valence-electron chi connectivity index (χ0n) is 18.7. The lowest BCUT2D eigenvalue weighted by Gasteiger charge is -2.19. The van der Waals surface area contributed by atoms with Gasteiger partial charge in [-0.05, 0) is 62.2 Å². The van der Waals surface area contributed by atoms with Gasteiger partial charge in [-0.1, -0.05) is 18.6 Å². The van der Waals surface area contributed by atoms with Gasteiger partial charge in [0, 0.05) is 17.8 Å². The predicted octanol–water partition coefficient (Wildman–Crippen LogP) is 2.09. The fourth-order valence-electron chi connectivity index (χ4n) is 2.92. The Morgan fingerprint density at radius 2 is 1.79 bits per heavy atom. The van der Waals surface area contributed by atoms with Crippen molar-refractivity contribution >= 4 is 33.7 Å². The van der Waals surface area contributed by atoms with Crippen molar-refractivity contribution in [1.29, 1.82) is 0 Å². The van der Waals surface area contributed by atoms with E-state index in [0.717, 1.165) is 18.2 Å². The standard InChI is InChI=1S/C23H29N3O7S/c1-2-33-22(29)13-8-16-6-9-17(10-7-16)25-23(30)19(5-3-4-14-24)26-34(31,32)18-11-12-20(27)21(28)15-18/h6-13,15,19,26-28H,2-5,14,24H2,1H3,(H,25,30)/b13-8+/t19-/m1/s1. The second kappa shape index (κ2) is 12.7. The van der Waals surface area contributed by atoms with Gasteiger partial charge in [0.05, 0.1) is 11.5 Å². The Morgan fingerprint density at radius 1 is 1.09 bits per heavy atom. The van der Waals surface area contributed by atoms with Crippen LogP contribution < -0.4 is 15.8 Å². The molecule has 0 saturated carbocycles. The van der Waals surface area contributed by atoms with E-state index in [2.05, 4.69) is 10.0 Å². The summed E-state index contributed by atoms with van der Waals surface area (Å²) in [6, 6.07) is 8.56. The van der Waals surface area contributed by atoms with Gasteiger partial charge in [0.1, 0.15) is 6.04 Å². The Hall–Kier alpha value is -3.41. The Labute approximate surface area is 198 Å². The van der Waals surface area contributed by atoms with E-state index in [-0.39, 0.29) is 17.9 Å². The molecule has 10 nitrogen and oxygen atoms in total. The molecule has 184 valence electrons. The molecule has 0 aliphatic heterocycles. The first-order valence-electron chi connectivity index (χ1n) is 10.7. The van der Waals surface area contributed by atoms with E-state index in [4.69, 9.17) is 10.5 Å². The van der Waals surface area contributed by atoms with Crippen molar-refractivity contribution in [3.8, 4) is 11.5 Å². The number of anilines is 1. The first kappa shape index (κ1) is 26.8. The third-order valence-corrected chi connectivity index (χ3v) is 6.16. The zero-order valence-corrected chi connectivity index (χ0v) is 19.5. The molecule has 1 atom stereocenters. The number of carbonyl (C=O) groups is 2. The highest BCUT2D eigenvalue weighted by molar-refractivity contribution is 7.89. The van der Waals surface area contributed by atoms with Crippen LogP contribution in [-0.4, -0.2) is 49.7 Å². The van der Waals surface area contributed by atoms with Crippen LogP contribution in [0.5, 0.6) is 11.5 Å². The average molecular weight is 492 g/mol. The molecule has 2 rings (SSSR count). The van der Waals surface area contributed by atoms with Gasteiger partial charge in [-0.15, -0.1) is 0 Å². The summed E-state index contributed by atoms with van der Waals surface area (Å²) in [7, 11) is -4.17. The Balaban J connectivity index is 2.13. The summed E-state index contributed by atoms with van der Waals surface area (Å²) in [5, 5.41) is 21.7. The Kier molecular flexibility index (Phi) is 10.0. The molecule has 2 aromatic carbocycles. The van der Waals surface area contributed by atoms with E-state index < -0.39 is 39.4 Å². The molecule has 11 heteroatoms. The van der Waals surface area contributed by atoms with Gasteiger partial charge >= 0.3 is 5.97 Å². The van der Waals surface area contributed by atoms with Crippen LogP contribution in [0.2, 0.25) is 0 Å². The highest BCUT2D eigenvalue weighted by Gasteiger charge is 2.26. The van der Waals surface area contributed by atoms with E-state index in [0.29, 0.717) is 30.6 Å². The summed E-state index contributed by atoms with van der Waals surface area (Å²) in [4.78, 5) is 24.0. The number of amides is 1. The van der Waals surface area contributed by atoms with E-state index in [9.17, 15) is 28.2 Å². The summed E-state index contributed by atoms with van der Waals surface area (Å²) >= 11 is 0. The van der Waals surface area contributed by atoms with Crippen LogP contribution in [-0.2, 0) is 24.3 Å². The van der Waals surface area contributed by atoms with Gasteiger partial charge in [0.2, 0.25) is 15.9 Å². The zero-order chi connectivity index (χ0) is 25.1. The molecule has 0 radical (unpaired) electrons. The number of nitrogens with one attached hydrogen (secondary N) is 2. The molecular weight excluding hydrogens is 462 g/mol. The minimum Gasteiger partial charge on any atom is -0.504 e. The lowest BCUT2D eigenvalue weighted by Crippen LogP contribution is -2.43. The summed E-state index contributed by atoms with van der Waals surface area (Å²) < 4.78 is 32.7. The maximum Gasteiger partial charge on any atom is 0.330 e. The van der Waals surface area contributed by atoms with Gasteiger partial charge in [0.25, 0.3) is 0 Å². The summed E-state index contributed by atoms with van der Waals surface area (Å²) in [5.41, 5.74) is 6.65. The third-order valence-electron chi connectivity index (χ3n) is 4.69. The predicted molar refractivity (Wildman–Crippen MR) is 128 cm³/mol. The number of phenolic OH excluding ortho intramolecular Hbond substituents is 2. The summed E-state index contributed by atoms with van der Waals surface area (Å²) in [6.45, 7) is 2.38. The molecule has 0 aliphatic rings. The van der Waals surface area contributed by atoms with Crippen molar-refractivity contribution in [3.05, 3.63) is 54.1 Å². The van der Waals surface area contributed by atoms with Gasteiger partial charge in [-0.3, -0.25) is 4.79 Å². The number of benzene rings is 2. The molecule has 2 aromatic rings. The van der Waals surface area contributed by atoms with Crippen molar-refractivity contribution in [3.63, 3.8) is 0 Å². The van der Waals surface area contributed by atoms with E-state index >= 15 is 0 Å². The lowest BCUT2D eigenvalue weighted by molar-refractivity contribution is -0.137. The molecule has 0 fully saturated rings. The van der Waals surface area contributed by atoms with Crippen molar-refractivity contribution < 1.29 is 33.0 Å². The number of phenols is 2. The van der Waals surface area contributed by atoms with Crippen molar-refractivity contribution in [2.24, 2.45) is 5.73 Å². The number of hydrogen-bond acceptors (Lipinski definition) is 8. The number of ether oxygens (including phenoxy) is 1. The quantitative estimate of drug-likeness (QED) is 0.130. The molecule has 0 aromatic heterocycles. The topological polar surface area (TPSA) is 168 Å². The largest absolute Gasteiger partial charge is 0.504 e. The summed E-state index contributed by atoms with van der Waals surface area (Å²) in [5.74, 6) is -2.09. The highest BCUT2D eigenvalue weighted by atomic mass is 32.2. The number of carbonyl (C=O) groups excluding carboxylic acids is 2. The van der Waals surface area contributed by atoms with Gasteiger partial charge in [-0.2, -0.15) is 4.72 Å². The highest BCUT2D eigenvalue weighted by Crippen LogP contribution is 2.27. The van der Waals surface area contributed by atoms with Crippen molar-refractivity contribution in [2.75, 3.05) is 18.5 Å². The molecule has 0 saturated heterocycles. The Bertz CT molecular complexity index is 1120. The fraction of sp³-hybridized carbons (Fsp3) is 0.304. The van der Waals surface area contributed by atoms with Crippen LogP contribution in [0.3, 0.4) is 0 Å². The molecule has 34 heavy (non-hydrogen) atoms. The van der Waals surface area contributed by atoms with Gasteiger partial charge < -0.3 is 26.0 Å². The lowest BCUT2D eigenvalue weighted by atomic mass is 10.1. The molecule has 0 aliphatic carbocycles. The molecule has 0 heterocycles. The number of nitrogens with two attached hydrogens (primary N) is 1. The second-order valence-corrected chi connectivity index (χ2v) is 9.02. The SMILES string of the molecule is CCOC(=O)/C=C/c1ccc(NC(=O)[C@@H](CCCCN)NS(=O)(=O)c2ccc(O)c(O)c2)cc1. The molecule has 0 bridgehead atoms. The second-order valence-electron chi connectivity index (χ2n) is 7.31. The number of esters is 1. The number of hydrogen-bond donors (Lipinski definition) is 5. The van der Waals surface area contributed by atoms with Gasteiger partial charge in [0.15, 0.2) is 11.5 Å². The molecule has 0 unspecified atom stereocenters. The molecule has 0 spiro atoms. The monoisotopic (exact) mass is 491 g/mol. The first-order valence-corrected chi connectivity index (χ1v) is 12.1. The van der Waals surface area contributed by atoms with E-state index in [1.54, 1.807) is 37.3 Å². The van der Waals surface area contributed by atoms with Crippen molar-refractivity contribution in [1.82, 2.24) is 4.72 Å². The van der Waals surface area contributed by atoms with E-state index in [1.807, 2.05) is 0 Å². The number of aromatic hydroxyl groups is 2.